The van der Waals surface area contributed by atoms with Crippen LogP contribution in [0, 0.1) is 0 Å². The molecule has 0 atom stereocenters. The van der Waals surface area contributed by atoms with E-state index in [2.05, 4.69) is 25.3 Å². The Kier molecular flexibility index (Phi) is 8.56. The zero-order chi connectivity index (χ0) is 10.1. The molecule has 13 heavy (non-hydrogen) atoms. The topological polar surface area (TPSA) is 3.24 Å². The van der Waals surface area contributed by atoms with E-state index < -0.39 is 0 Å². The average molecular weight is 217 g/mol. The summed E-state index contributed by atoms with van der Waals surface area (Å²) >= 11 is 7.02. The lowest BCUT2D eigenvalue weighted by Gasteiger charge is -2.23. The lowest BCUT2D eigenvalue weighted by molar-refractivity contribution is 0.430. The summed E-state index contributed by atoms with van der Waals surface area (Å²) in [5.41, 5.74) is 0. The summed E-state index contributed by atoms with van der Waals surface area (Å²) in [6, 6.07) is 0. The molecule has 0 rings (SSSR count). The molecule has 0 saturated heterocycles. The minimum Gasteiger partial charge on any atom is -0.358 e. The summed E-state index contributed by atoms with van der Waals surface area (Å²) in [4.78, 5) is 2.28. The number of thiocarbonyl (C=S) groups is 1. The first kappa shape index (κ1) is 13.0. The molecule has 0 aliphatic heterocycles. The summed E-state index contributed by atoms with van der Waals surface area (Å²) in [7, 11) is 0. The first-order chi connectivity index (χ1) is 6.26. The van der Waals surface area contributed by atoms with Gasteiger partial charge in [-0.3, -0.25) is 0 Å². The maximum absolute atomic E-state index is 5.31. The zero-order valence-corrected chi connectivity index (χ0v) is 10.2. The number of hydrogen-bond acceptors (Lipinski definition) is 2. The van der Waals surface area contributed by atoms with Crippen molar-refractivity contribution in [3.05, 3.63) is 12.7 Å². The third-order valence-corrected chi connectivity index (χ3v) is 3.09. The van der Waals surface area contributed by atoms with Crippen LogP contribution in [0.25, 0.3) is 0 Å². The Balaban J connectivity index is 3.86. The number of thioether (sulfide) groups is 1. The Bertz CT molecular complexity index is 151. The summed E-state index contributed by atoms with van der Waals surface area (Å²) in [5.74, 6) is 0.919. The second-order valence-electron chi connectivity index (χ2n) is 2.85. The van der Waals surface area contributed by atoms with Gasteiger partial charge in [-0.15, -0.1) is 6.58 Å². The molecule has 3 heteroatoms. The van der Waals surface area contributed by atoms with E-state index in [1.54, 1.807) is 11.8 Å². The molecule has 76 valence electrons. The van der Waals surface area contributed by atoms with Crippen LogP contribution in [0.1, 0.15) is 26.7 Å². The predicted octanol–water partition coefficient (Wildman–Crippen LogP) is 3.31. The molecule has 0 heterocycles. The molecule has 0 spiro atoms. The molecule has 0 aliphatic rings. The van der Waals surface area contributed by atoms with Crippen LogP contribution in [0.4, 0.5) is 0 Å². The van der Waals surface area contributed by atoms with E-state index in [-0.39, 0.29) is 0 Å². The van der Waals surface area contributed by atoms with Gasteiger partial charge in [-0.2, -0.15) is 0 Å². The predicted molar refractivity (Wildman–Crippen MR) is 67.4 cm³/mol. The van der Waals surface area contributed by atoms with Gasteiger partial charge in [0, 0.05) is 18.8 Å². The van der Waals surface area contributed by atoms with Crippen LogP contribution >= 0.6 is 24.0 Å². The van der Waals surface area contributed by atoms with Crippen LogP contribution in [0.2, 0.25) is 0 Å². The van der Waals surface area contributed by atoms with E-state index in [1.165, 1.54) is 0 Å². The van der Waals surface area contributed by atoms with Gasteiger partial charge in [0.2, 0.25) is 0 Å². The first-order valence-corrected chi connectivity index (χ1v) is 6.18. The van der Waals surface area contributed by atoms with E-state index in [0.29, 0.717) is 0 Å². The molecular formula is C10H19NS2. The average Bonchev–Trinajstić information content (AvgIpc) is 2.14. The highest BCUT2D eigenvalue weighted by molar-refractivity contribution is 8.23. The van der Waals surface area contributed by atoms with Gasteiger partial charge in [0.25, 0.3) is 0 Å². The molecule has 0 fully saturated rings. The van der Waals surface area contributed by atoms with E-state index in [0.717, 1.165) is 36.0 Å². The molecule has 0 radical (unpaired) electrons. The molecule has 0 N–H and O–H groups in total. The molecule has 0 amide bonds. The van der Waals surface area contributed by atoms with E-state index in [4.69, 9.17) is 12.2 Å². The van der Waals surface area contributed by atoms with Crippen LogP contribution in [0.3, 0.4) is 0 Å². The second kappa shape index (κ2) is 8.57. The number of hydrogen-bond donors (Lipinski definition) is 0. The molecular weight excluding hydrogens is 198 g/mol. The molecule has 0 aromatic heterocycles. The van der Waals surface area contributed by atoms with Crippen molar-refractivity contribution >= 4 is 28.3 Å². The standard InChI is InChI=1S/C10H19NS2/c1-4-7-11(8-5-2)10(12)13-9-6-3/h6H,3-5,7-9H2,1-2H3. The van der Waals surface area contributed by atoms with Crippen LogP contribution < -0.4 is 0 Å². The van der Waals surface area contributed by atoms with E-state index in [1.807, 2.05) is 6.08 Å². The third kappa shape index (κ3) is 6.11. The first-order valence-electron chi connectivity index (χ1n) is 4.78. The lowest BCUT2D eigenvalue weighted by Crippen LogP contribution is -2.29. The highest BCUT2D eigenvalue weighted by atomic mass is 32.2. The van der Waals surface area contributed by atoms with Crippen LogP contribution in [-0.4, -0.2) is 28.1 Å². The van der Waals surface area contributed by atoms with Crippen molar-refractivity contribution in [1.29, 1.82) is 0 Å². The monoisotopic (exact) mass is 217 g/mol. The minimum atomic E-state index is 0.919. The Hall–Kier alpha value is -0.0200. The summed E-state index contributed by atoms with van der Waals surface area (Å²) < 4.78 is 1.02. The molecule has 0 aromatic carbocycles. The van der Waals surface area contributed by atoms with Gasteiger partial charge in [-0.25, -0.2) is 0 Å². The van der Waals surface area contributed by atoms with Crippen molar-refractivity contribution in [3.8, 4) is 0 Å². The van der Waals surface area contributed by atoms with Gasteiger partial charge < -0.3 is 4.90 Å². The van der Waals surface area contributed by atoms with E-state index in [9.17, 15) is 0 Å². The summed E-state index contributed by atoms with van der Waals surface area (Å²) in [6.45, 7) is 10.2. The fourth-order valence-corrected chi connectivity index (χ4v) is 2.07. The maximum atomic E-state index is 5.31. The molecule has 1 nitrogen and oxygen atoms in total. The van der Waals surface area contributed by atoms with Crippen LogP contribution in [0.15, 0.2) is 12.7 Å². The zero-order valence-electron chi connectivity index (χ0n) is 8.58. The lowest BCUT2D eigenvalue weighted by atomic mass is 10.4. The van der Waals surface area contributed by atoms with Gasteiger partial charge >= 0.3 is 0 Å². The molecule has 0 unspecified atom stereocenters. The largest absolute Gasteiger partial charge is 0.358 e. The normalized spacial score (nSPS) is 9.69. The SMILES string of the molecule is C=CCSC(=S)N(CCC)CCC. The fraction of sp³-hybridized carbons (Fsp3) is 0.700. The van der Waals surface area contributed by atoms with Crippen molar-refractivity contribution < 1.29 is 0 Å². The Labute approximate surface area is 91.6 Å². The smallest absolute Gasteiger partial charge is 0.136 e. The molecule has 0 bridgehead atoms. The van der Waals surface area contributed by atoms with Gasteiger partial charge in [0.15, 0.2) is 0 Å². The fourth-order valence-electron chi connectivity index (χ4n) is 1.06. The molecule has 0 saturated carbocycles. The van der Waals surface area contributed by atoms with Crippen LogP contribution in [0.5, 0.6) is 0 Å². The highest BCUT2D eigenvalue weighted by Crippen LogP contribution is 2.10. The van der Waals surface area contributed by atoms with Gasteiger partial charge in [0.05, 0.1) is 0 Å². The number of nitrogens with zero attached hydrogens (tertiary/aromatic N) is 1. The Morgan fingerprint density at radius 1 is 1.38 bits per heavy atom. The van der Waals surface area contributed by atoms with E-state index >= 15 is 0 Å². The third-order valence-electron chi connectivity index (χ3n) is 1.57. The number of rotatable bonds is 6. The van der Waals surface area contributed by atoms with Crippen LogP contribution in [-0.2, 0) is 0 Å². The second-order valence-corrected chi connectivity index (χ2v) is 4.51. The van der Waals surface area contributed by atoms with Gasteiger partial charge in [0.1, 0.15) is 4.32 Å². The van der Waals surface area contributed by atoms with Gasteiger partial charge in [-0.05, 0) is 12.8 Å². The quantitative estimate of drug-likeness (QED) is 0.496. The highest BCUT2D eigenvalue weighted by Gasteiger charge is 2.06. The Morgan fingerprint density at radius 2 is 1.92 bits per heavy atom. The summed E-state index contributed by atoms with van der Waals surface area (Å²) in [5, 5.41) is 0. The van der Waals surface area contributed by atoms with Crippen molar-refractivity contribution in [1.82, 2.24) is 4.90 Å². The minimum absolute atomic E-state index is 0.919. The van der Waals surface area contributed by atoms with Gasteiger partial charge in [-0.1, -0.05) is 43.9 Å². The van der Waals surface area contributed by atoms with Crippen molar-refractivity contribution in [2.75, 3.05) is 18.8 Å². The molecule has 0 aliphatic carbocycles. The van der Waals surface area contributed by atoms with Crippen molar-refractivity contribution in [3.63, 3.8) is 0 Å². The Morgan fingerprint density at radius 3 is 2.31 bits per heavy atom. The maximum Gasteiger partial charge on any atom is 0.136 e. The van der Waals surface area contributed by atoms with Crippen molar-refractivity contribution in [2.45, 2.75) is 26.7 Å². The molecule has 0 aromatic rings. The summed E-state index contributed by atoms with van der Waals surface area (Å²) in [6.07, 6.45) is 4.22. The van der Waals surface area contributed by atoms with Crippen molar-refractivity contribution in [2.24, 2.45) is 0 Å².